The highest BCUT2D eigenvalue weighted by molar-refractivity contribution is 5.45. The molecular weight excluding hydrogens is 240 g/mol. The predicted molar refractivity (Wildman–Crippen MR) is 74.2 cm³/mol. The Morgan fingerprint density at radius 2 is 2.37 bits per heavy atom. The Labute approximate surface area is 112 Å². The van der Waals surface area contributed by atoms with Gasteiger partial charge in [0.25, 0.3) is 0 Å². The van der Waals surface area contributed by atoms with Crippen molar-refractivity contribution in [2.75, 3.05) is 11.9 Å². The van der Waals surface area contributed by atoms with Crippen molar-refractivity contribution in [1.82, 2.24) is 14.6 Å². The maximum Gasteiger partial charge on any atom is 0.243 e. The Morgan fingerprint density at radius 1 is 1.47 bits per heavy atom. The zero-order valence-corrected chi connectivity index (χ0v) is 11.2. The minimum atomic E-state index is -0.128. The van der Waals surface area contributed by atoms with Gasteiger partial charge in [0.15, 0.2) is 5.65 Å². The molecule has 5 nitrogen and oxygen atoms in total. The van der Waals surface area contributed by atoms with Crippen LogP contribution in [0.4, 0.5) is 5.95 Å². The molecule has 2 atom stereocenters. The lowest BCUT2D eigenvalue weighted by Crippen LogP contribution is -2.25. The number of anilines is 1. The highest BCUT2D eigenvalue weighted by atomic mass is 16.3. The van der Waals surface area contributed by atoms with Gasteiger partial charge in [-0.05, 0) is 49.8 Å². The fraction of sp³-hybridized carbons (Fsp3) is 0.571. The third-order valence-electron chi connectivity index (χ3n) is 3.80. The molecule has 5 heteroatoms. The Bertz CT molecular complexity index is 566. The van der Waals surface area contributed by atoms with Gasteiger partial charge in [-0.1, -0.05) is 6.42 Å². The summed E-state index contributed by atoms with van der Waals surface area (Å²) in [7, 11) is 0. The molecule has 0 spiro atoms. The van der Waals surface area contributed by atoms with Gasteiger partial charge in [-0.3, -0.25) is 0 Å². The zero-order valence-electron chi connectivity index (χ0n) is 11.2. The molecular formula is C14H20N4O. The van der Waals surface area contributed by atoms with Crippen molar-refractivity contribution in [3.63, 3.8) is 0 Å². The van der Waals surface area contributed by atoms with Gasteiger partial charge in [0.1, 0.15) is 0 Å². The average Bonchev–Trinajstić information content (AvgIpc) is 2.78. The van der Waals surface area contributed by atoms with E-state index in [1.54, 1.807) is 4.52 Å². The molecule has 0 aromatic carbocycles. The van der Waals surface area contributed by atoms with Crippen LogP contribution in [0.15, 0.2) is 18.3 Å². The van der Waals surface area contributed by atoms with Crippen molar-refractivity contribution < 1.29 is 5.11 Å². The van der Waals surface area contributed by atoms with Gasteiger partial charge in [0.2, 0.25) is 5.95 Å². The summed E-state index contributed by atoms with van der Waals surface area (Å²) in [5, 5.41) is 17.3. The number of hydrogen-bond acceptors (Lipinski definition) is 4. The van der Waals surface area contributed by atoms with Gasteiger partial charge in [-0.25, -0.2) is 4.52 Å². The molecule has 2 aromatic heterocycles. The number of nitrogens with zero attached hydrogens (tertiary/aromatic N) is 3. The summed E-state index contributed by atoms with van der Waals surface area (Å²) in [4.78, 5) is 4.46. The number of aliphatic hydroxyl groups is 1. The van der Waals surface area contributed by atoms with E-state index < -0.39 is 0 Å². The first-order valence-electron chi connectivity index (χ1n) is 6.95. The first-order valence-corrected chi connectivity index (χ1v) is 6.95. The number of aromatic nitrogens is 3. The summed E-state index contributed by atoms with van der Waals surface area (Å²) in [6, 6.07) is 4.03. The molecule has 2 unspecified atom stereocenters. The maximum absolute atomic E-state index is 9.66. The minimum Gasteiger partial charge on any atom is -0.393 e. The van der Waals surface area contributed by atoms with Gasteiger partial charge >= 0.3 is 0 Å². The second-order valence-electron chi connectivity index (χ2n) is 5.51. The Balaban J connectivity index is 1.65. The van der Waals surface area contributed by atoms with E-state index in [2.05, 4.69) is 15.4 Å². The van der Waals surface area contributed by atoms with Gasteiger partial charge in [0.05, 0.1) is 6.10 Å². The molecule has 19 heavy (non-hydrogen) atoms. The third-order valence-corrected chi connectivity index (χ3v) is 3.80. The fourth-order valence-electron chi connectivity index (χ4n) is 2.74. The first-order chi connectivity index (χ1) is 9.20. The topological polar surface area (TPSA) is 62.5 Å². The van der Waals surface area contributed by atoms with Gasteiger partial charge in [0, 0.05) is 12.7 Å². The van der Waals surface area contributed by atoms with Crippen molar-refractivity contribution in [2.45, 2.75) is 38.7 Å². The van der Waals surface area contributed by atoms with Crippen LogP contribution in [0.2, 0.25) is 0 Å². The van der Waals surface area contributed by atoms with Crippen LogP contribution in [-0.4, -0.2) is 32.4 Å². The molecule has 1 aliphatic rings. The highest BCUT2D eigenvalue weighted by Crippen LogP contribution is 2.24. The van der Waals surface area contributed by atoms with Crippen LogP contribution in [0.25, 0.3) is 5.65 Å². The summed E-state index contributed by atoms with van der Waals surface area (Å²) in [5.41, 5.74) is 2.05. The van der Waals surface area contributed by atoms with E-state index in [4.69, 9.17) is 0 Å². The van der Waals surface area contributed by atoms with Crippen LogP contribution >= 0.6 is 0 Å². The molecule has 0 aliphatic heterocycles. The fourth-order valence-corrected chi connectivity index (χ4v) is 2.74. The van der Waals surface area contributed by atoms with E-state index in [0.717, 1.165) is 31.5 Å². The number of fused-ring (bicyclic) bond motifs is 1. The molecule has 0 radical (unpaired) electrons. The second-order valence-corrected chi connectivity index (χ2v) is 5.51. The van der Waals surface area contributed by atoms with Crippen molar-refractivity contribution in [2.24, 2.45) is 5.92 Å². The minimum absolute atomic E-state index is 0.128. The van der Waals surface area contributed by atoms with Crippen LogP contribution in [0.5, 0.6) is 0 Å². The lowest BCUT2D eigenvalue weighted by Gasteiger charge is -2.25. The van der Waals surface area contributed by atoms with Crippen molar-refractivity contribution in [3.8, 4) is 0 Å². The normalized spacial score (nSPS) is 23.7. The lowest BCUT2D eigenvalue weighted by molar-refractivity contribution is 0.104. The van der Waals surface area contributed by atoms with Crippen LogP contribution in [-0.2, 0) is 0 Å². The first kappa shape index (κ1) is 12.4. The maximum atomic E-state index is 9.66. The molecule has 1 aliphatic carbocycles. The summed E-state index contributed by atoms with van der Waals surface area (Å²) >= 11 is 0. The van der Waals surface area contributed by atoms with Gasteiger partial charge < -0.3 is 10.4 Å². The number of nitrogens with one attached hydrogen (secondary N) is 1. The molecule has 3 rings (SSSR count). The number of aliphatic hydroxyl groups excluding tert-OH is 1. The highest BCUT2D eigenvalue weighted by Gasteiger charge is 2.20. The predicted octanol–water partition coefficient (Wildman–Crippen LogP) is 2.00. The third kappa shape index (κ3) is 2.87. The quantitative estimate of drug-likeness (QED) is 0.886. The summed E-state index contributed by atoms with van der Waals surface area (Å²) in [6.45, 7) is 2.89. The molecule has 1 saturated carbocycles. The SMILES string of the molecule is Cc1ccn2nc(NCC3CCCC(O)C3)nc2c1. The van der Waals surface area contributed by atoms with Crippen LogP contribution in [0.1, 0.15) is 31.2 Å². The molecule has 1 fully saturated rings. The smallest absolute Gasteiger partial charge is 0.243 e. The monoisotopic (exact) mass is 260 g/mol. The van der Waals surface area contributed by atoms with Crippen molar-refractivity contribution in [3.05, 3.63) is 23.9 Å². The molecule has 0 amide bonds. The average molecular weight is 260 g/mol. The Hall–Kier alpha value is -1.62. The van der Waals surface area contributed by atoms with E-state index in [1.165, 1.54) is 12.0 Å². The van der Waals surface area contributed by atoms with Crippen molar-refractivity contribution in [1.29, 1.82) is 0 Å². The standard InChI is InChI=1S/C14H20N4O/c1-10-5-6-18-13(7-10)16-14(17-18)15-9-11-3-2-4-12(19)8-11/h5-7,11-12,19H,2-4,8-9H2,1H3,(H,15,17). The second kappa shape index (κ2) is 5.17. The van der Waals surface area contributed by atoms with E-state index in [1.807, 2.05) is 25.3 Å². The van der Waals surface area contributed by atoms with Crippen molar-refractivity contribution >= 4 is 11.6 Å². The summed E-state index contributed by atoms with van der Waals surface area (Å²) < 4.78 is 1.78. The summed E-state index contributed by atoms with van der Waals surface area (Å²) in [6.07, 6.45) is 5.92. The van der Waals surface area contributed by atoms with E-state index in [0.29, 0.717) is 11.9 Å². The van der Waals surface area contributed by atoms with Crippen LogP contribution in [0.3, 0.4) is 0 Å². The molecule has 2 N–H and O–H groups in total. The molecule has 0 saturated heterocycles. The van der Waals surface area contributed by atoms with Crippen LogP contribution < -0.4 is 5.32 Å². The number of rotatable bonds is 3. The molecule has 0 bridgehead atoms. The Kier molecular flexibility index (Phi) is 3.38. The van der Waals surface area contributed by atoms with E-state index >= 15 is 0 Å². The number of hydrogen-bond donors (Lipinski definition) is 2. The van der Waals surface area contributed by atoms with Gasteiger partial charge in [-0.2, -0.15) is 4.98 Å². The van der Waals surface area contributed by atoms with E-state index in [-0.39, 0.29) is 6.10 Å². The largest absolute Gasteiger partial charge is 0.393 e. The molecule has 102 valence electrons. The summed E-state index contributed by atoms with van der Waals surface area (Å²) in [5.74, 6) is 1.20. The zero-order chi connectivity index (χ0) is 13.2. The number of pyridine rings is 1. The van der Waals surface area contributed by atoms with E-state index in [9.17, 15) is 5.11 Å². The van der Waals surface area contributed by atoms with Crippen LogP contribution in [0, 0.1) is 12.8 Å². The Morgan fingerprint density at radius 3 is 3.21 bits per heavy atom. The molecule has 2 heterocycles. The number of aryl methyl sites for hydroxylation is 1. The lowest BCUT2D eigenvalue weighted by atomic mass is 9.87. The van der Waals surface area contributed by atoms with Gasteiger partial charge in [-0.15, -0.1) is 5.10 Å². The molecule has 2 aromatic rings.